The van der Waals surface area contributed by atoms with E-state index in [4.69, 9.17) is 20.4 Å². The van der Waals surface area contributed by atoms with E-state index in [2.05, 4.69) is 33.0 Å². The molecular formula is C18H35NO12Ti. The van der Waals surface area contributed by atoms with Crippen LogP contribution in [0.5, 0.6) is 0 Å². The summed E-state index contributed by atoms with van der Waals surface area (Å²) in [5.74, 6) is -5.74. The van der Waals surface area contributed by atoms with Crippen molar-refractivity contribution < 1.29 is 81.7 Å². The Hall–Kier alpha value is -1.61. The number of carboxylic acids is 4. The predicted octanol–water partition coefficient (Wildman–Crippen LogP) is -6.14. The van der Waals surface area contributed by atoms with Crippen LogP contribution in [0.2, 0.25) is 0 Å². The zero-order chi connectivity index (χ0) is 26.5. The van der Waals surface area contributed by atoms with Crippen LogP contribution < -0.4 is 25.7 Å². The summed E-state index contributed by atoms with van der Waals surface area (Å²) in [5.41, 5.74) is 0. The number of aliphatic carboxylic acids is 4. The molecular weight excluding hydrogens is 470 g/mol. The standard InChI is InChI=1S/C6H15N.4C3H6O3.Ti/c1-5(2)7-6(3)4;4*1-2(4)3(5)6;/h5-7H,1-4H3;4*2,4H,1H3,(H,5,6);/q;;;;;+4/p-4. The number of carbonyl (C=O) groups excluding carboxylic acids is 4. The maximum absolute atomic E-state index is 9.34. The molecule has 14 heteroatoms. The Labute approximate surface area is 203 Å². The summed E-state index contributed by atoms with van der Waals surface area (Å²) in [7, 11) is 0. The molecule has 0 fully saturated rings. The molecule has 32 heavy (non-hydrogen) atoms. The van der Waals surface area contributed by atoms with Crippen molar-refractivity contribution in [2.75, 3.05) is 0 Å². The number of carbonyl (C=O) groups is 4. The van der Waals surface area contributed by atoms with Crippen molar-refractivity contribution in [2.45, 2.75) is 91.9 Å². The van der Waals surface area contributed by atoms with Crippen LogP contribution >= 0.6 is 0 Å². The smallest absolute Gasteiger partial charge is 0.547 e. The molecule has 0 saturated heterocycles. The normalized spacial score (nSPS) is 12.7. The predicted molar refractivity (Wildman–Crippen MR) is 100 cm³/mol. The molecule has 0 saturated carbocycles. The van der Waals surface area contributed by atoms with E-state index in [9.17, 15) is 39.6 Å². The van der Waals surface area contributed by atoms with Crippen LogP contribution in [0.25, 0.3) is 0 Å². The average Bonchev–Trinajstić information content (AvgIpc) is 2.55. The number of rotatable bonds is 6. The number of carboxylic acid groups (broad SMARTS) is 4. The molecule has 188 valence electrons. The van der Waals surface area contributed by atoms with E-state index in [1.165, 1.54) is 0 Å². The third-order valence-electron chi connectivity index (χ3n) is 2.03. The number of aliphatic hydroxyl groups excluding tert-OH is 4. The molecule has 0 aromatic carbocycles. The van der Waals surface area contributed by atoms with E-state index in [0.29, 0.717) is 12.1 Å². The largest absolute Gasteiger partial charge is 4.00 e. The summed E-state index contributed by atoms with van der Waals surface area (Å²) in [5, 5.41) is 72.5. The minimum atomic E-state index is -1.44. The zero-order valence-electron chi connectivity index (χ0n) is 19.5. The van der Waals surface area contributed by atoms with Crippen molar-refractivity contribution in [1.82, 2.24) is 5.32 Å². The van der Waals surface area contributed by atoms with Gasteiger partial charge in [-0.3, -0.25) is 0 Å². The second-order valence-corrected chi connectivity index (χ2v) is 6.46. The van der Waals surface area contributed by atoms with Crippen LogP contribution in [0.1, 0.15) is 55.4 Å². The van der Waals surface area contributed by atoms with E-state index < -0.39 is 48.3 Å². The molecule has 4 atom stereocenters. The molecule has 0 rings (SSSR count). The van der Waals surface area contributed by atoms with Crippen molar-refractivity contribution in [1.29, 1.82) is 0 Å². The van der Waals surface area contributed by atoms with Gasteiger partial charge in [-0.05, 0) is 27.7 Å². The summed E-state index contributed by atoms with van der Waals surface area (Å²) >= 11 is 0. The molecule has 5 N–H and O–H groups in total. The van der Waals surface area contributed by atoms with Gasteiger partial charge in [0.1, 0.15) is 0 Å². The van der Waals surface area contributed by atoms with E-state index in [-0.39, 0.29) is 21.7 Å². The molecule has 0 bridgehead atoms. The van der Waals surface area contributed by atoms with Gasteiger partial charge in [0.15, 0.2) is 0 Å². The van der Waals surface area contributed by atoms with Gasteiger partial charge in [-0.25, -0.2) is 0 Å². The maximum atomic E-state index is 9.34. The number of nitrogens with one attached hydrogen (secondary N) is 1. The van der Waals surface area contributed by atoms with Crippen LogP contribution in [0.15, 0.2) is 0 Å². The molecule has 0 amide bonds. The van der Waals surface area contributed by atoms with Gasteiger partial charge < -0.3 is 65.3 Å². The monoisotopic (exact) mass is 505 g/mol. The molecule has 0 heterocycles. The first-order valence-electron chi connectivity index (χ1n) is 9.02. The fourth-order valence-corrected chi connectivity index (χ4v) is 0.667. The van der Waals surface area contributed by atoms with Crippen LogP contribution in [0, 0.1) is 0 Å². The fourth-order valence-electron chi connectivity index (χ4n) is 0.667. The van der Waals surface area contributed by atoms with E-state index in [0.717, 1.165) is 27.7 Å². The first-order valence-corrected chi connectivity index (χ1v) is 9.02. The SMILES string of the molecule is CC(C)NC(C)C.CC(O)C(=O)[O-].CC(O)C(=O)[O-].CC(O)C(=O)[O-].CC(O)C(=O)[O-].[Ti+4]. The van der Waals surface area contributed by atoms with Gasteiger partial charge in [-0.15, -0.1) is 0 Å². The summed E-state index contributed by atoms with van der Waals surface area (Å²) in [6, 6.07) is 1.25. The molecule has 0 aliphatic heterocycles. The van der Waals surface area contributed by atoms with Gasteiger partial charge in [0.05, 0.1) is 48.3 Å². The minimum absolute atomic E-state index is 0. The van der Waals surface area contributed by atoms with E-state index >= 15 is 0 Å². The molecule has 0 aliphatic rings. The maximum Gasteiger partial charge on any atom is 4.00 e. The number of hydrogen-bond donors (Lipinski definition) is 5. The van der Waals surface area contributed by atoms with Gasteiger partial charge in [-0.2, -0.15) is 0 Å². The summed E-state index contributed by atoms with van der Waals surface area (Å²) in [4.78, 5) is 37.4. The summed E-state index contributed by atoms with van der Waals surface area (Å²) < 4.78 is 0. The Morgan fingerprint density at radius 3 is 0.594 bits per heavy atom. The second kappa shape index (κ2) is 27.4. The van der Waals surface area contributed by atoms with Crippen molar-refractivity contribution in [3.8, 4) is 0 Å². The molecule has 0 aromatic heterocycles. The van der Waals surface area contributed by atoms with Gasteiger partial charge >= 0.3 is 21.7 Å². The minimum Gasteiger partial charge on any atom is -0.547 e. The van der Waals surface area contributed by atoms with Crippen molar-refractivity contribution in [2.24, 2.45) is 0 Å². The first-order chi connectivity index (χ1) is 13.7. The Morgan fingerprint density at radius 1 is 0.500 bits per heavy atom. The van der Waals surface area contributed by atoms with Crippen LogP contribution in [-0.2, 0) is 40.9 Å². The van der Waals surface area contributed by atoms with E-state index in [1.807, 2.05) is 0 Å². The number of aliphatic hydroxyl groups is 4. The Kier molecular flexibility index (Phi) is 37.8. The van der Waals surface area contributed by atoms with Crippen LogP contribution in [-0.4, -0.2) is 80.8 Å². The van der Waals surface area contributed by atoms with Crippen LogP contribution in [0.4, 0.5) is 0 Å². The second-order valence-electron chi connectivity index (χ2n) is 6.46. The molecule has 13 nitrogen and oxygen atoms in total. The first kappa shape index (κ1) is 44.1. The van der Waals surface area contributed by atoms with Gasteiger partial charge in [-0.1, -0.05) is 27.7 Å². The van der Waals surface area contributed by atoms with E-state index in [1.54, 1.807) is 0 Å². The zero-order valence-corrected chi connectivity index (χ0v) is 21.1. The van der Waals surface area contributed by atoms with Gasteiger partial charge in [0, 0.05) is 12.1 Å². The summed E-state index contributed by atoms with van der Waals surface area (Å²) in [6.45, 7) is 13.1. The third kappa shape index (κ3) is 63.0. The number of hydrogen-bond acceptors (Lipinski definition) is 13. The molecule has 0 aromatic rings. The average molecular weight is 505 g/mol. The Morgan fingerprint density at radius 2 is 0.594 bits per heavy atom. The van der Waals surface area contributed by atoms with Crippen LogP contribution in [0.3, 0.4) is 0 Å². The Bertz CT molecular complexity index is 403. The quantitative estimate of drug-likeness (QED) is 0.211. The van der Waals surface area contributed by atoms with Crippen molar-refractivity contribution in [3.63, 3.8) is 0 Å². The van der Waals surface area contributed by atoms with Crippen molar-refractivity contribution in [3.05, 3.63) is 0 Å². The fraction of sp³-hybridized carbons (Fsp3) is 0.778. The molecule has 0 radical (unpaired) electrons. The van der Waals surface area contributed by atoms with Crippen molar-refractivity contribution >= 4 is 23.9 Å². The van der Waals surface area contributed by atoms with Gasteiger partial charge in [0.2, 0.25) is 0 Å². The Balaban J connectivity index is -0.0000000656. The molecule has 4 unspecified atom stereocenters. The molecule has 0 aliphatic carbocycles. The molecule has 0 spiro atoms. The topological polar surface area (TPSA) is 253 Å². The summed E-state index contributed by atoms with van der Waals surface area (Å²) in [6.07, 6.45) is -5.37. The third-order valence-corrected chi connectivity index (χ3v) is 2.03. The van der Waals surface area contributed by atoms with Gasteiger partial charge in [0.25, 0.3) is 0 Å².